The highest BCUT2D eigenvalue weighted by Crippen LogP contribution is 2.37. The third kappa shape index (κ3) is 4.14. The Balaban J connectivity index is 0.00000361. The molecule has 0 aromatic heterocycles. The van der Waals surface area contributed by atoms with E-state index in [1.807, 2.05) is 0 Å². The van der Waals surface area contributed by atoms with E-state index < -0.39 is 35.0 Å². The van der Waals surface area contributed by atoms with Crippen LogP contribution in [0.2, 0.25) is 0 Å². The van der Waals surface area contributed by atoms with Gasteiger partial charge in [-0.05, 0) is 25.1 Å². The van der Waals surface area contributed by atoms with Crippen LogP contribution in [-0.4, -0.2) is 12.5 Å². The van der Waals surface area contributed by atoms with Crippen molar-refractivity contribution in [3.8, 4) is 0 Å². The number of alkyl halides is 6. The fraction of sp³-hybridized carbons (Fsp3) is 0.417. The molecular formula is C12H13F6NO. The number of nitrogens with one attached hydrogen (secondary N) is 1. The molecule has 0 aliphatic heterocycles. The average molecular weight is 301 g/mol. The minimum Gasteiger partial charge on any atom is -0.352 e. The highest BCUT2D eigenvalue weighted by atomic mass is 19.4. The van der Waals surface area contributed by atoms with Gasteiger partial charge in [0.2, 0.25) is 0 Å². The molecule has 1 aromatic rings. The molecule has 0 aliphatic carbocycles. The van der Waals surface area contributed by atoms with Gasteiger partial charge in [0.25, 0.3) is 5.91 Å². The van der Waals surface area contributed by atoms with Crippen molar-refractivity contribution in [1.29, 1.82) is 0 Å². The molecule has 0 heterocycles. The van der Waals surface area contributed by atoms with Gasteiger partial charge >= 0.3 is 12.4 Å². The van der Waals surface area contributed by atoms with Crippen LogP contribution in [0.25, 0.3) is 0 Å². The van der Waals surface area contributed by atoms with E-state index in [1.54, 1.807) is 0 Å². The van der Waals surface area contributed by atoms with Crippen molar-refractivity contribution < 1.29 is 31.1 Å². The van der Waals surface area contributed by atoms with Crippen molar-refractivity contribution in [3.05, 3.63) is 34.9 Å². The molecule has 0 unspecified atom stereocenters. The SMILES string of the molecule is C.CCNC(=O)c1ccc(C(F)(F)F)cc1C(F)(F)F. The van der Waals surface area contributed by atoms with Gasteiger partial charge in [-0.15, -0.1) is 0 Å². The first-order chi connectivity index (χ1) is 8.57. The second kappa shape index (κ2) is 6.15. The minimum atomic E-state index is -5.04. The zero-order chi connectivity index (χ0) is 14.8. The van der Waals surface area contributed by atoms with Crippen LogP contribution in [0.3, 0.4) is 0 Å². The average Bonchev–Trinajstić information content (AvgIpc) is 2.26. The van der Waals surface area contributed by atoms with Crippen LogP contribution >= 0.6 is 0 Å². The number of rotatable bonds is 2. The first kappa shape index (κ1) is 18.3. The fourth-order valence-electron chi connectivity index (χ4n) is 1.41. The lowest BCUT2D eigenvalue weighted by Gasteiger charge is -2.15. The zero-order valence-corrected chi connectivity index (χ0v) is 9.62. The fourth-order valence-corrected chi connectivity index (χ4v) is 1.41. The quantitative estimate of drug-likeness (QED) is 0.818. The predicted molar refractivity (Wildman–Crippen MR) is 61.2 cm³/mol. The van der Waals surface area contributed by atoms with E-state index in [-0.39, 0.29) is 20.0 Å². The predicted octanol–water partition coefficient (Wildman–Crippen LogP) is 4.11. The van der Waals surface area contributed by atoms with Crippen molar-refractivity contribution in [2.45, 2.75) is 26.7 Å². The molecule has 0 atom stereocenters. The summed E-state index contributed by atoms with van der Waals surface area (Å²) in [4.78, 5) is 11.4. The molecule has 2 nitrogen and oxygen atoms in total. The van der Waals surface area contributed by atoms with E-state index >= 15 is 0 Å². The zero-order valence-electron chi connectivity index (χ0n) is 9.62. The van der Waals surface area contributed by atoms with E-state index in [9.17, 15) is 31.1 Å². The van der Waals surface area contributed by atoms with Gasteiger partial charge in [-0.3, -0.25) is 4.79 Å². The molecule has 1 amide bonds. The Morgan fingerprint density at radius 1 is 1.10 bits per heavy atom. The number of halogens is 6. The number of carbonyl (C=O) groups is 1. The molecule has 0 radical (unpaired) electrons. The van der Waals surface area contributed by atoms with Gasteiger partial charge in [-0.2, -0.15) is 26.3 Å². The second-order valence-electron chi connectivity index (χ2n) is 3.62. The van der Waals surface area contributed by atoms with Crippen LogP contribution in [0.4, 0.5) is 26.3 Å². The number of hydrogen-bond acceptors (Lipinski definition) is 1. The lowest BCUT2D eigenvalue weighted by atomic mass is 10.0. The van der Waals surface area contributed by atoms with Crippen LogP contribution in [0, 0.1) is 0 Å². The third-order valence-electron chi connectivity index (χ3n) is 2.23. The van der Waals surface area contributed by atoms with E-state index in [1.165, 1.54) is 6.92 Å². The van der Waals surface area contributed by atoms with Gasteiger partial charge in [-0.1, -0.05) is 7.43 Å². The molecular weight excluding hydrogens is 288 g/mol. The van der Waals surface area contributed by atoms with Gasteiger partial charge in [-0.25, -0.2) is 0 Å². The molecule has 0 aliphatic rings. The molecule has 1 aromatic carbocycles. The minimum absolute atomic E-state index is 0. The van der Waals surface area contributed by atoms with Crippen molar-refractivity contribution in [1.82, 2.24) is 5.32 Å². The summed E-state index contributed by atoms with van der Waals surface area (Å²) in [6.45, 7) is 1.55. The third-order valence-corrected chi connectivity index (χ3v) is 2.23. The summed E-state index contributed by atoms with van der Waals surface area (Å²) in [5.41, 5.74) is -3.89. The summed E-state index contributed by atoms with van der Waals surface area (Å²) in [5.74, 6) is -1.07. The summed E-state index contributed by atoms with van der Waals surface area (Å²) >= 11 is 0. The molecule has 0 fully saturated rings. The molecule has 114 valence electrons. The maximum atomic E-state index is 12.7. The Morgan fingerprint density at radius 2 is 1.65 bits per heavy atom. The smallest absolute Gasteiger partial charge is 0.352 e. The number of amides is 1. The largest absolute Gasteiger partial charge is 0.417 e. The van der Waals surface area contributed by atoms with E-state index in [0.717, 1.165) is 0 Å². The van der Waals surface area contributed by atoms with Crippen LogP contribution in [0.15, 0.2) is 18.2 Å². The van der Waals surface area contributed by atoms with Crippen LogP contribution in [-0.2, 0) is 12.4 Å². The first-order valence-electron chi connectivity index (χ1n) is 5.14. The van der Waals surface area contributed by atoms with Crippen molar-refractivity contribution in [3.63, 3.8) is 0 Å². The molecule has 0 saturated carbocycles. The monoisotopic (exact) mass is 301 g/mol. The second-order valence-corrected chi connectivity index (χ2v) is 3.62. The van der Waals surface area contributed by atoms with Gasteiger partial charge in [0, 0.05) is 6.54 Å². The van der Waals surface area contributed by atoms with E-state index in [0.29, 0.717) is 12.1 Å². The summed E-state index contributed by atoms with van der Waals surface area (Å²) in [6.07, 6.45) is -9.94. The Morgan fingerprint density at radius 3 is 2.05 bits per heavy atom. The normalized spacial score (nSPS) is 11.8. The Labute approximate surface area is 111 Å². The molecule has 1 N–H and O–H groups in total. The van der Waals surface area contributed by atoms with Crippen molar-refractivity contribution in [2.24, 2.45) is 0 Å². The number of carbonyl (C=O) groups excluding carboxylic acids is 1. The van der Waals surface area contributed by atoms with Gasteiger partial charge in [0.1, 0.15) is 0 Å². The maximum Gasteiger partial charge on any atom is 0.417 e. The molecule has 1 rings (SSSR count). The lowest BCUT2D eigenvalue weighted by molar-refractivity contribution is -0.143. The van der Waals surface area contributed by atoms with Gasteiger partial charge in [0.05, 0.1) is 16.7 Å². The number of benzene rings is 1. The summed E-state index contributed by atoms with van der Waals surface area (Å²) in [7, 11) is 0. The van der Waals surface area contributed by atoms with Crippen LogP contribution < -0.4 is 5.32 Å². The van der Waals surface area contributed by atoms with Crippen LogP contribution in [0.5, 0.6) is 0 Å². The maximum absolute atomic E-state index is 12.7. The summed E-state index contributed by atoms with van der Waals surface area (Å²) in [6, 6.07) is 0.904. The Hall–Kier alpha value is -1.73. The molecule has 0 saturated heterocycles. The van der Waals surface area contributed by atoms with E-state index in [2.05, 4.69) is 5.32 Å². The van der Waals surface area contributed by atoms with E-state index in [4.69, 9.17) is 0 Å². The first-order valence-corrected chi connectivity index (χ1v) is 5.14. The van der Waals surface area contributed by atoms with Crippen molar-refractivity contribution >= 4 is 5.91 Å². The van der Waals surface area contributed by atoms with Crippen LogP contribution in [0.1, 0.15) is 35.8 Å². The van der Waals surface area contributed by atoms with Gasteiger partial charge in [0.15, 0.2) is 0 Å². The number of hydrogen-bond donors (Lipinski definition) is 1. The highest BCUT2D eigenvalue weighted by Gasteiger charge is 2.39. The van der Waals surface area contributed by atoms with Gasteiger partial charge < -0.3 is 5.32 Å². The summed E-state index contributed by atoms with van der Waals surface area (Å²) < 4.78 is 75.1. The Bertz CT molecular complexity index is 478. The highest BCUT2D eigenvalue weighted by molar-refractivity contribution is 5.96. The van der Waals surface area contributed by atoms with Crippen molar-refractivity contribution in [2.75, 3.05) is 6.54 Å². The molecule has 0 bridgehead atoms. The molecule has 0 spiro atoms. The molecule has 20 heavy (non-hydrogen) atoms. The lowest BCUT2D eigenvalue weighted by Crippen LogP contribution is -2.26. The standard InChI is InChI=1S/C11H9F6NO.CH4/c1-2-18-9(19)7-4-3-6(10(12,13)14)5-8(7)11(15,16)17;/h3-5H,2H2,1H3,(H,18,19);1H4. The topological polar surface area (TPSA) is 29.1 Å². The summed E-state index contributed by atoms with van der Waals surface area (Å²) in [5, 5.41) is 2.11. The Kier molecular flexibility index (Phi) is 5.62. The molecule has 8 heteroatoms.